The molecular formula is C12H17N3O3. The molecule has 0 saturated carbocycles. The molecule has 0 unspecified atom stereocenters. The van der Waals surface area contributed by atoms with Gasteiger partial charge < -0.3 is 16.2 Å². The van der Waals surface area contributed by atoms with Crippen molar-refractivity contribution in [3.05, 3.63) is 24.0 Å². The molecule has 0 bridgehead atoms. The quantitative estimate of drug-likeness (QED) is 0.705. The fourth-order valence-corrected chi connectivity index (χ4v) is 1.70. The van der Waals surface area contributed by atoms with Gasteiger partial charge in [-0.2, -0.15) is 0 Å². The summed E-state index contributed by atoms with van der Waals surface area (Å²) in [6.07, 6.45) is 2.26. The van der Waals surface area contributed by atoms with Crippen LogP contribution in [0.15, 0.2) is 18.3 Å². The standard InChI is InChI=1S/C12H17N3O3/c1-3-12(4-2,11(17)18)15-8-5-6-14-9(7-8)10(13)16/h5-7H,3-4H2,1-2H3,(H2,13,16)(H,14,15)(H,17,18). The molecule has 18 heavy (non-hydrogen) atoms. The number of carbonyl (C=O) groups excluding carboxylic acids is 1. The Morgan fingerprint density at radius 3 is 2.50 bits per heavy atom. The lowest BCUT2D eigenvalue weighted by atomic mass is 9.92. The predicted molar refractivity (Wildman–Crippen MR) is 67.3 cm³/mol. The molecule has 98 valence electrons. The highest BCUT2D eigenvalue weighted by Crippen LogP contribution is 2.22. The highest BCUT2D eigenvalue weighted by atomic mass is 16.4. The Balaban J connectivity index is 3.05. The normalized spacial score (nSPS) is 11.0. The number of nitrogens with zero attached hydrogens (tertiary/aromatic N) is 1. The first-order chi connectivity index (χ1) is 8.45. The molecule has 0 spiro atoms. The summed E-state index contributed by atoms with van der Waals surface area (Å²) in [6, 6.07) is 3.06. The maximum atomic E-state index is 11.3. The highest BCUT2D eigenvalue weighted by molar-refractivity contribution is 5.92. The van der Waals surface area contributed by atoms with E-state index in [1.54, 1.807) is 19.9 Å². The third-order valence-corrected chi connectivity index (χ3v) is 3.01. The van der Waals surface area contributed by atoms with Crippen LogP contribution in [-0.4, -0.2) is 27.5 Å². The second-order valence-electron chi connectivity index (χ2n) is 4.01. The molecule has 0 aliphatic rings. The maximum absolute atomic E-state index is 11.3. The van der Waals surface area contributed by atoms with E-state index in [4.69, 9.17) is 5.73 Å². The highest BCUT2D eigenvalue weighted by Gasteiger charge is 2.34. The van der Waals surface area contributed by atoms with Gasteiger partial charge >= 0.3 is 5.97 Å². The molecule has 6 nitrogen and oxygen atoms in total. The zero-order valence-electron chi connectivity index (χ0n) is 10.4. The van der Waals surface area contributed by atoms with E-state index in [1.807, 2.05) is 0 Å². The second-order valence-corrected chi connectivity index (χ2v) is 4.01. The number of carbonyl (C=O) groups is 2. The van der Waals surface area contributed by atoms with E-state index in [2.05, 4.69) is 10.3 Å². The van der Waals surface area contributed by atoms with Crippen LogP contribution in [0.1, 0.15) is 37.2 Å². The van der Waals surface area contributed by atoms with Crippen molar-refractivity contribution in [1.29, 1.82) is 0 Å². The van der Waals surface area contributed by atoms with Crippen molar-refractivity contribution in [2.45, 2.75) is 32.2 Å². The summed E-state index contributed by atoms with van der Waals surface area (Å²) in [4.78, 5) is 26.1. The minimum absolute atomic E-state index is 0.103. The van der Waals surface area contributed by atoms with E-state index < -0.39 is 17.4 Å². The van der Waals surface area contributed by atoms with Crippen molar-refractivity contribution in [2.75, 3.05) is 5.32 Å². The van der Waals surface area contributed by atoms with E-state index in [9.17, 15) is 14.7 Å². The third-order valence-electron chi connectivity index (χ3n) is 3.01. The van der Waals surface area contributed by atoms with E-state index in [0.29, 0.717) is 18.5 Å². The number of carboxylic acid groups (broad SMARTS) is 1. The Bertz CT molecular complexity index is 456. The number of nitrogens with two attached hydrogens (primary N) is 1. The van der Waals surface area contributed by atoms with Gasteiger partial charge in [0, 0.05) is 11.9 Å². The van der Waals surface area contributed by atoms with Crippen LogP contribution in [0.2, 0.25) is 0 Å². The molecule has 1 aromatic rings. The van der Waals surface area contributed by atoms with Gasteiger partial charge in [-0.15, -0.1) is 0 Å². The SMILES string of the molecule is CCC(CC)(Nc1ccnc(C(N)=O)c1)C(=O)O. The molecule has 6 heteroatoms. The number of primary amides is 1. The molecule has 0 atom stereocenters. The molecule has 1 amide bonds. The first-order valence-corrected chi connectivity index (χ1v) is 5.72. The Kier molecular flexibility index (Phi) is 4.25. The minimum atomic E-state index is -1.05. The lowest BCUT2D eigenvalue weighted by Crippen LogP contribution is -2.45. The number of carboxylic acids is 1. The first-order valence-electron chi connectivity index (χ1n) is 5.72. The van der Waals surface area contributed by atoms with Gasteiger partial charge in [0.15, 0.2) is 0 Å². The van der Waals surface area contributed by atoms with Crippen LogP contribution in [0.25, 0.3) is 0 Å². The van der Waals surface area contributed by atoms with Crippen molar-refractivity contribution in [2.24, 2.45) is 5.73 Å². The molecule has 1 rings (SSSR count). The average Bonchev–Trinajstić information content (AvgIpc) is 2.36. The topological polar surface area (TPSA) is 105 Å². The van der Waals surface area contributed by atoms with Crippen LogP contribution in [0, 0.1) is 0 Å². The Morgan fingerprint density at radius 2 is 2.06 bits per heavy atom. The van der Waals surface area contributed by atoms with Crippen LogP contribution in [0.3, 0.4) is 0 Å². The molecule has 0 fully saturated rings. The fraction of sp³-hybridized carbons (Fsp3) is 0.417. The number of pyridine rings is 1. The summed E-state index contributed by atoms with van der Waals surface area (Å²) in [6.45, 7) is 3.58. The third kappa shape index (κ3) is 2.77. The molecular weight excluding hydrogens is 234 g/mol. The largest absolute Gasteiger partial charge is 0.480 e. The summed E-state index contributed by atoms with van der Waals surface area (Å²) in [5.74, 6) is -1.57. The number of nitrogens with one attached hydrogen (secondary N) is 1. The number of hydrogen-bond donors (Lipinski definition) is 3. The van der Waals surface area contributed by atoms with Gasteiger partial charge in [0.25, 0.3) is 5.91 Å². The molecule has 4 N–H and O–H groups in total. The molecule has 1 aromatic heterocycles. The molecule has 0 aliphatic heterocycles. The molecule has 1 heterocycles. The second kappa shape index (κ2) is 5.48. The van der Waals surface area contributed by atoms with E-state index >= 15 is 0 Å². The Hall–Kier alpha value is -2.11. The van der Waals surface area contributed by atoms with Crippen molar-refractivity contribution < 1.29 is 14.7 Å². The number of rotatable bonds is 6. The van der Waals surface area contributed by atoms with Gasteiger partial charge in [0.05, 0.1) is 0 Å². The maximum Gasteiger partial charge on any atom is 0.329 e. The summed E-state index contributed by atoms with van der Waals surface area (Å²) >= 11 is 0. The van der Waals surface area contributed by atoms with Gasteiger partial charge in [-0.25, -0.2) is 4.79 Å². The van der Waals surface area contributed by atoms with Crippen LogP contribution < -0.4 is 11.1 Å². The first kappa shape index (κ1) is 14.0. The van der Waals surface area contributed by atoms with E-state index in [-0.39, 0.29) is 5.69 Å². The van der Waals surface area contributed by atoms with Gasteiger partial charge in [-0.05, 0) is 25.0 Å². The molecule has 0 aromatic carbocycles. The van der Waals surface area contributed by atoms with Crippen LogP contribution in [-0.2, 0) is 4.79 Å². The van der Waals surface area contributed by atoms with Crippen molar-refractivity contribution >= 4 is 17.6 Å². The zero-order valence-corrected chi connectivity index (χ0v) is 10.4. The van der Waals surface area contributed by atoms with Crippen molar-refractivity contribution in [3.63, 3.8) is 0 Å². The minimum Gasteiger partial charge on any atom is -0.480 e. The van der Waals surface area contributed by atoms with Crippen molar-refractivity contribution in [1.82, 2.24) is 4.98 Å². The Labute approximate surface area is 105 Å². The fourth-order valence-electron chi connectivity index (χ4n) is 1.70. The number of hydrogen-bond acceptors (Lipinski definition) is 4. The lowest BCUT2D eigenvalue weighted by Gasteiger charge is -2.29. The van der Waals surface area contributed by atoms with Crippen LogP contribution in [0.4, 0.5) is 5.69 Å². The van der Waals surface area contributed by atoms with Crippen molar-refractivity contribution in [3.8, 4) is 0 Å². The monoisotopic (exact) mass is 251 g/mol. The summed E-state index contributed by atoms with van der Waals surface area (Å²) in [7, 11) is 0. The van der Waals surface area contributed by atoms with Crippen LogP contribution >= 0.6 is 0 Å². The zero-order chi connectivity index (χ0) is 13.8. The van der Waals surface area contributed by atoms with Gasteiger partial charge in [-0.1, -0.05) is 13.8 Å². The molecule has 0 saturated heterocycles. The van der Waals surface area contributed by atoms with Crippen LogP contribution in [0.5, 0.6) is 0 Å². The number of anilines is 1. The molecule has 0 aliphatic carbocycles. The van der Waals surface area contributed by atoms with Gasteiger partial charge in [0.2, 0.25) is 0 Å². The average molecular weight is 251 g/mol. The van der Waals surface area contributed by atoms with E-state index in [1.165, 1.54) is 12.3 Å². The number of aromatic nitrogens is 1. The predicted octanol–water partition coefficient (Wildman–Crippen LogP) is 1.24. The summed E-state index contributed by atoms with van der Waals surface area (Å²) < 4.78 is 0. The van der Waals surface area contributed by atoms with Gasteiger partial charge in [-0.3, -0.25) is 9.78 Å². The Morgan fingerprint density at radius 1 is 1.44 bits per heavy atom. The van der Waals surface area contributed by atoms with Gasteiger partial charge in [0.1, 0.15) is 11.2 Å². The smallest absolute Gasteiger partial charge is 0.329 e. The summed E-state index contributed by atoms with van der Waals surface area (Å²) in [5.41, 5.74) is 4.70. The number of amides is 1. The summed E-state index contributed by atoms with van der Waals surface area (Å²) in [5, 5.41) is 12.2. The molecule has 0 radical (unpaired) electrons. The number of aliphatic carboxylic acids is 1. The lowest BCUT2D eigenvalue weighted by molar-refractivity contribution is -0.142. The van der Waals surface area contributed by atoms with E-state index in [0.717, 1.165) is 0 Å².